The molecule has 1 aliphatic carbocycles. The van der Waals surface area contributed by atoms with E-state index in [0.29, 0.717) is 11.5 Å². The van der Waals surface area contributed by atoms with Gasteiger partial charge in [0.1, 0.15) is 5.75 Å². The molecule has 1 fully saturated rings. The third-order valence-electron chi connectivity index (χ3n) is 3.72. The van der Waals surface area contributed by atoms with Crippen molar-refractivity contribution < 1.29 is 17.9 Å². The van der Waals surface area contributed by atoms with Gasteiger partial charge in [-0.05, 0) is 49.4 Å². The molecule has 1 unspecified atom stereocenters. The van der Waals surface area contributed by atoms with E-state index in [1.165, 1.54) is 12.8 Å². The van der Waals surface area contributed by atoms with Gasteiger partial charge in [0.15, 0.2) is 6.61 Å². The number of nitrogens with one attached hydrogen (secondary N) is 1. The number of alkyl halides is 3. The number of hydrogen-bond donors (Lipinski definition) is 1. The Morgan fingerprint density at radius 1 is 1.26 bits per heavy atom. The van der Waals surface area contributed by atoms with Crippen LogP contribution in [0.5, 0.6) is 5.75 Å². The summed E-state index contributed by atoms with van der Waals surface area (Å²) in [5.41, 5.74) is 1.26. The fourth-order valence-corrected chi connectivity index (χ4v) is 1.87. The number of ether oxygens (including phenoxy) is 1. The molecule has 0 aliphatic heterocycles. The van der Waals surface area contributed by atoms with Crippen molar-refractivity contribution in [3.8, 4) is 5.75 Å². The molecule has 0 spiro atoms. The zero-order valence-electron chi connectivity index (χ0n) is 11.1. The Morgan fingerprint density at radius 2 is 1.84 bits per heavy atom. The normalized spacial score (nSPS) is 18.8. The molecule has 1 aromatic rings. The molecule has 19 heavy (non-hydrogen) atoms. The van der Waals surface area contributed by atoms with Crippen LogP contribution in [0.4, 0.5) is 18.9 Å². The summed E-state index contributed by atoms with van der Waals surface area (Å²) < 4.78 is 40.6. The standard InChI is InChI=1S/C14H18F3NO/c1-10(13(2)7-8-13)18-11-3-5-12(6-4-11)19-9-14(15,16)17/h3-6,10,18H,7-9H2,1-2H3. The van der Waals surface area contributed by atoms with Gasteiger partial charge < -0.3 is 10.1 Å². The maximum atomic E-state index is 12.0. The van der Waals surface area contributed by atoms with Crippen molar-refractivity contribution >= 4 is 5.69 Å². The highest BCUT2D eigenvalue weighted by molar-refractivity contribution is 5.47. The van der Waals surface area contributed by atoms with Gasteiger partial charge in [-0.2, -0.15) is 13.2 Å². The Balaban J connectivity index is 1.87. The first kappa shape index (κ1) is 14.0. The molecule has 2 nitrogen and oxygen atoms in total. The number of rotatable bonds is 5. The van der Waals surface area contributed by atoms with Gasteiger partial charge in [-0.3, -0.25) is 0 Å². The number of benzene rings is 1. The fraction of sp³-hybridized carbons (Fsp3) is 0.571. The van der Waals surface area contributed by atoms with Crippen LogP contribution in [0.15, 0.2) is 24.3 Å². The summed E-state index contributed by atoms with van der Waals surface area (Å²) in [5.74, 6) is 0.230. The zero-order chi connectivity index (χ0) is 14.1. The van der Waals surface area contributed by atoms with Crippen molar-refractivity contribution in [3.63, 3.8) is 0 Å². The minimum atomic E-state index is -4.30. The van der Waals surface area contributed by atoms with Crippen LogP contribution < -0.4 is 10.1 Å². The van der Waals surface area contributed by atoms with Gasteiger partial charge >= 0.3 is 6.18 Å². The van der Waals surface area contributed by atoms with Gasteiger partial charge in [0.05, 0.1) is 0 Å². The smallest absolute Gasteiger partial charge is 0.422 e. The average Bonchev–Trinajstić information content (AvgIpc) is 3.07. The molecule has 0 saturated heterocycles. The highest BCUT2D eigenvalue weighted by Crippen LogP contribution is 2.48. The highest BCUT2D eigenvalue weighted by Gasteiger charge is 2.42. The highest BCUT2D eigenvalue weighted by atomic mass is 19.4. The van der Waals surface area contributed by atoms with E-state index in [0.717, 1.165) is 5.69 Å². The van der Waals surface area contributed by atoms with E-state index >= 15 is 0 Å². The van der Waals surface area contributed by atoms with Gasteiger partial charge in [-0.25, -0.2) is 0 Å². The Kier molecular flexibility index (Phi) is 3.65. The molecular weight excluding hydrogens is 255 g/mol. The van der Waals surface area contributed by atoms with Gasteiger partial charge in [-0.15, -0.1) is 0 Å². The summed E-state index contributed by atoms with van der Waals surface area (Å²) in [5, 5.41) is 3.37. The summed E-state index contributed by atoms with van der Waals surface area (Å²) in [7, 11) is 0. The lowest BCUT2D eigenvalue weighted by Gasteiger charge is -2.21. The largest absolute Gasteiger partial charge is 0.484 e. The number of halogens is 3. The number of anilines is 1. The Morgan fingerprint density at radius 3 is 2.32 bits per heavy atom. The van der Waals surface area contributed by atoms with E-state index in [4.69, 9.17) is 0 Å². The third-order valence-corrected chi connectivity index (χ3v) is 3.72. The Bertz CT molecular complexity index is 423. The van der Waals surface area contributed by atoms with E-state index in [2.05, 4.69) is 23.9 Å². The minimum Gasteiger partial charge on any atom is -0.484 e. The molecule has 0 radical (unpaired) electrons. The predicted molar refractivity (Wildman–Crippen MR) is 68.4 cm³/mol. The quantitative estimate of drug-likeness (QED) is 0.867. The molecule has 1 atom stereocenters. The molecule has 1 N–H and O–H groups in total. The monoisotopic (exact) mass is 273 g/mol. The molecule has 0 heterocycles. The lowest BCUT2D eigenvalue weighted by molar-refractivity contribution is -0.153. The van der Waals surface area contributed by atoms with Gasteiger partial charge in [0.25, 0.3) is 0 Å². The van der Waals surface area contributed by atoms with Crippen molar-refractivity contribution in [1.82, 2.24) is 0 Å². The van der Waals surface area contributed by atoms with Crippen LogP contribution in [0, 0.1) is 5.41 Å². The van der Waals surface area contributed by atoms with E-state index in [1.807, 2.05) is 0 Å². The number of hydrogen-bond acceptors (Lipinski definition) is 2. The van der Waals surface area contributed by atoms with Crippen molar-refractivity contribution in [2.24, 2.45) is 5.41 Å². The molecule has 0 aromatic heterocycles. The van der Waals surface area contributed by atoms with Gasteiger partial charge in [0, 0.05) is 11.7 Å². The molecule has 1 aromatic carbocycles. The zero-order valence-corrected chi connectivity index (χ0v) is 11.1. The minimum absolute atomic E-state index is 0.230. The summed E-state index contributed by atoms with van der Waals surface area (Å²) in [4.78, 5) is 0. The first-order chi connectivity index (χ1) is 8.78. The second-order valence-corrected chi connectivity index (χ2v) is 5.45. The first-order valence-corrected chi connectivity index (χ1v) is 6.35. The van der Waals surface area contributed by atoms with Crippen molar-refractivity contribution in [2.75, 3.05) is 11.9 Å². The van der Waals surface area contributed by atoms with Crippen LogP contribution in [-0.4, -0.2) is 18.8 Å². The van der Waals surface area contributed by atoms with Crippen LogP contribution in [0.3, 0.4) is 0 Å². The van der Waals surface area contributed by atoms with Crippen molar-refractivity contribution in [2.45, 2.75) is 38.9 Å². The average molecular weight is 273 g/mol. The molecule has 0 bridgehead atoms. The molecule has 0 amide bonds. The third kappa shape index (κ3) is 4.04. The van der Waals surface area contributed by atoms with Crippen LogP contribution >= 0.6 is 0 Å². The molecule has 106 valence electrons. The van der Waals surface area contributed by atoms with Crippen molar-refractivity contribution in [1.29, 1.82) is 0 Å². The summed E-state index contributed by atoms with van der Waals surface area (Å²) in [6.07, 6.45) is -1.87. The van der Waals surface area contributed by atoms with Crippen LogP contribution in [-0.2, 0) is 0 Å². The first-order valence-electron chi connectivity index (χ1n) is 6.35. The molecule has 2 rings (SSSR count). The molecular formula is C14H18F3NO. The van der Waals surface area contributed by atoms with E-state index < -0.39 is 12.8 Å². The van der Waals surface area contributed by atoms with Crippen LogP contribution in [0.1, 0.15) is 26.7 Å². The SMILES string of the molecule is CC(Nc1ccc(OCC(F)(F)F)cc1)C1(C)CC1. The Hall–Kier alpha value is -1.39. The van der Waals surface area contributed by atoms with E-state index in [-0.39, 0.29) is 5.75 Å². The topological polar surface area (TPSA) is 21.3 Å². The summed E-state index contributed by atoms with van der Waals surface area (Å²) >= 11 is 0. The Labute approximate surface area is 111 Å². The fourth-order valence-electron chi connectivity index (χ4n) is 1.87. The lowest BCUT2D eigenvalue weighted by atomic mass is 10.0. The molecule has 5 heteroatoms. The molecule has 1 aliphatic rings. The molecule has 1 saturated carbocycles. The van der Waals surface area contributed by atoms with Crippen molar-refractivity contribution in [3.05, 3.63) is 24.3 Å². The summed E-state index contributed by atoms with van der Waals surface area (Å²) in [6.45, 7) is 3.10. The second-order valence-electron chi connectivity index (χ2n) is 5.45. The lowest BCUT2D eigenvalue weighted by Crippen LogP contribution is -2.24. The maximum Gasteiger partial charge on any atom is 0.422 e. The van der Waals surface area contributed by atoms with Gasteiger partial charge in [-0.1, -0.05) is 6.92 Å². The summed E-state index contributed by atoms with van der Waals surface area (Å²) in [6, 6.07) is 6.95. The van der Waals surface area contributed by atoms with E-state index in [9.17, 15) is 13.2 Å². The van der Waals surface area contributed by atoms with Gasteiger partial charge in [0.2, 0.25) is 0 Å². The maximum absolute atomic E-state index is 12.0. The van der Waals surface area contributed by atoms with Crippen LogP contribution in [0.25, 0.3) is 0 Å². The second kappa shape index (κ2) is 4.94. The van der Waals surface area contributed by atoms with E-state index in [1.54, 1.807) is 24.3 Å². The van der Waals surface area contributed by atoms with Crippen LogP contribution in [0.2, 0.25) is 0 Å². The predicted octanol–water partition coefficient (Wildman–Crippen LogP) is 4.23.